The average Bonchev–Trinajstić information content (AvgIpc) is 3.34. The van der Waals surface area contributed by atoms with E-state index in [0.29, 0.717) is 29.6 Å². The first-order valence-electron chi connectivity index (χ1n) is 8.01. The Morgan fingerprint density at radius 2 is 2.00 bits per heavy atom. The summed E-state index contributed by atoms with van der Waals surface area (Å²) in [5.41, 5.74) is 1.02. The van der Waals surface area contributed by atoms with E-state index in [0.717, 1.165) is 16.9 Å². The van der Waals surface area contributed by atoms with E-state index in [1.54, 1.807) is 24.3 Å². The summed E-state index contributed by atoms with van der Waals surface area (Å²) in [6, 6.07) is 10.3. The normalized spacial score (nSPS) is 18.7. The summed E-state index contributed by atoms with van der Waals surface area (Å²) in [5, 5.41) is 10.1. The fraction of sp³-hybridized carbons (Fsp3) is 0.294. The third kappa shape index (κ3) is 3.01. The quantitative estimate of drug-likeness (QED) is 0.696. The number of sulfonamides is 1. The van der Waals surface area contributed by atoms with Crippen LogP contribution in [0.15, 0.2) is 51.1 Å². The van der Waals surface area contributed by atoms with E-state index in [9.17, 15) is 8.42 Å². The highest BCUT2D eigenvalue weighted by Crippen LogP contribution is 2.37. The topological polar surface area (TPSA) is 76.3 Å². The third-order valence-corrected chi connectivity index (χ3v) is 7.07. The lowest BCUT2D eigenvalue weighted by molar-refractivity contribution is 0.332. The molecule has 3 aromatic rings. The van der Waals surface area contributed by atoms with Crippen LogP contribution >= 0.6 is 11.3 Å². The Labute approximate surface area is 150 Å². The molecule has 0 amide bonds. The van der Waals surface area contributed by atoms with Crippen molar-refractivity contribution < 1.29 is 12.8 Å². The molecule has 4 rings (SSSR count). The van der Waals surface area contributed by atoms with Crippen molar-refractivity contribution in [2.75, 3.05) is 6.54 Å². The molecule has 0 saturated carbocycles. The van der Waals surface area contributed by atoms with Crippen LogP contribution in [0.4, 0.5) is 0 Å². The Kier molecular flexibility index (Phi) is 4.18. The van der Waals surface area contributed by atoms with Gasteiger partial charge in [0.2, 0.25) is 15.9 Å². The van der Waals surface area contributed by atoms with Crippen molar-refractivity contribution >= 4 is 21.4 Å². The van der Waals surface area contributed by atoms with Gasteiger partial charge in [0.15, 0.2) is 0 Å². The zero-order chi connectivity index (χ0) is 17.4. The molecule has 1 saturated heterocycles. The second kappa shape index (κ2) is 6.36. The summed E-state index contributed by atoms with van der Waals surface area (Å²) >= 11 is 1.51. The monoisotopic (exact) mass is 375 g/mol. The van der Waals surface area contributed by atoms with E-state index in [1.807, 2.05) is 24.4 Å². The third-order valence-electron chi connectivity index (χ3n) is 4.29. The molecule has 1 aliphatic heterocycles. The molecule has 0 radical (unpaired) electrons. The van der Waals surface area contributed by atoms with Crippen LogP contribution in [0.1, 0.15) is 30.3 Å². The van der Waals surface area contributed by atoms with Crippen LogP contribution in [-0.2, 0) is 10.0 Å². The van der Waals surface area contributed by atoms with Crippen LogP contribution in [0, 0.1) is 6.92 Å². The molecule has 1 fully saturated rings. The van der Waals surface area contributed by atoms with Gasteiger partial charge in [-0.05, 0) is 43.3 Å². The predicted octanol–water partition coefficient (Wildman–Crippen LogP) is 3.63. The molecule has 2 aromatic heterocycles. The van der Waals surface area contributed by atoms with Gasteiger partial charge in [-0.1, -0.05) is 23.8 Å². The van der Waals surface area contributed by atoms with Gasteiger partial charge in [-0.2, -0.15) is 4.31 Å². The molecule has 0 spiro atoms. The molecule has 8 heteroatoms. The number of nitrogens with zero attached hydrogens (tertiary/aromatic N) is 3. The van der Waals surface area contributed by atoms with Gasteiger partial charge < -0.3 is 4.42 Å². The minimum Gasteiger partial charge on any atom is -0.418 e. The fourth-order valence-electron chi connectivity index (χ4n) is 2.99. The van der Waals surface area contributed by atoms with E-state index < -0.39 is 16.1 Å². The van der Waals surface area contributed by atoms with Gasteiger partial charge in [0.25, 0.3) is 5.89 Å². The lowest BCUT2D eigenvalue weighted by atomic mass is 10.2. The number of hydrogen-bond acceptors (Lipinski definition) is 6. The molecule has 3 heterocycles. The Morgan fingerprint density at radius 3 is 2.72 bits per heavy atom. The van der Waals surface area contributed by atoms with Gasteiger partial charge in [0, 0.05) is 6.54 Å². The van der Waals surface area contributed by atoms with Gasteiger partial charge in [0.1, 0.15) is 6.04 Å². The highest BCUT2D eigenvalue weighted by molar-refractivity contribution is 7.89. The van der Waals surface area contributed by atoms with Crippen molar-refractivity contribution in [3.05, 3.63) is 53.2 Å². The lowest BCUT2D eigenvalue weighted by Crippen LogP contribution is -2.30. The smallest absolute Gasteiger partial charge is 0.257 e. The van der Waals surface area contributed by atoms with Crippen LogP contribution in [0.5, 0.6) is 0 Å². The Hall–Kier alpha value is -2.03. The van der Waals surface area contributed by atoms with E-state index in [2.05, 4.69) is 10.2 Å². The minimum absolute atomic E-state index is 0.294. The van der Waals surface area contributed by atoms with Crippen LogP contribution in [0.25, 0.3) is 10.8 Å². The van der Waals surface area contributed by atoms with Gasteiger partial charge in [0.05, 0.1) is 9.77 Å². The highest BCUT2D eigenvalue weighted by Gasteiger charge is 2.39. The zero-order valence-corrected chi connectivity index (χ0v) is 15.3. The summed E-state index contributed by atoms with van der Waals surface area (Å²) in [7, 11) is -3.59. The predicted molar refractivity (Wildman–Crippen MR) is 94.7 cm³/mol. The first kappa shape index (κ1) is 16.4. The van der Waals surface area contributed by atoms with Crippen molar-refractivity contribution in [2.45, 2.75) is 30.7 Å². The zero-order valence-electron chi connectivity index (χ0n) is 13.6. The second-order valence-corrected chi connectivity index (χ2v) is 8.85. The van der Waals surface area contributed by atoms with Gasteiger partial charge in [-0.25, -0.2) is 8.42 Å². The second-order valence-electron chi connectivity index (χ2n) is 6.01. The molecule has 0 N–H and O–H groups in total. The highest BCUT2D eigenvalue weighted by atomic mass is 32.2. The largest absolute Gasteiger partial charge is 0.418 e. The summed E-state index contributed by atoms with van der Waals surface area (Å²) in [4.78, 5) is 1.17. The Balaban J connectivity index is 1.65. The van der Waals surface area contributed by atoms with Crippen molar-refractivity contribution in [2.24, 2.45) is 0 Å². The average molecular weight is 375 g/mol. The molecule has 25 heavy (non-hydrogen) atoms. The molecular weight excluding hydrogens is 358 g/mol. The summed E-state index contributed by atoms with van der Waals surface area (Å²) in [5.74, 6) is 0.793. The van der Waals surface area contributed by atoms with Crippen molar-refractivity contribution in [1.82, 2.24) is 14.5 Å². The number of aryl methyl sites for hydroxylation is 1. The molecule has 0 bridgehead atoms. The molecule has 0 unspecified atom stereocenters. The number of rotatable bonds is 4. The minimum atomic E-state index is -3.59. The van der Waals surface area contributed by atoms with E-state index in [1.165, 1.54) is 15.6 Å². The van der Waals surface area contributed by atoms with Crippen LogP contribution < -0.4 is 0 Å². The van der Waals surface area contributed by atoms with E-state index in [4.69, 9.17) is 4.42 Å². The maximum absolute atomic E-state index is 13.0. The number of hydrogen-bond donors (Lipinski definition) is 0. The molecule has 130 valence electrons. The summed E-state index contributed by atoms with van der Waals surface area (Å²) in [6.07, 6.45) is 1.45. The standard InChI is InChI=1S/C17H17N3O3S2/c1-12-6-8-13(9-7-12)25(21,22)20-10-2-4-14(20)16-18-19-17(23-16)15-5-3-11-24-15/h3,5-9,11,14H,2,4,10H2,1H3/t14-/m1/s1. The number of aromatic nitrogens is 2. The van der Waals surface area contributed by atoms with Crippen LogP contribution in [0.2, 0.25) is 0 Å². The van der Waals surface area contributed by atoms with Crippen LogP contribution in [-0.4, -0.2) is 29.5 Å². The molecule has 1 aliphatic rings. The lowest BCUT2D eigenvalue weighted by Gasteiger charge is -2.21. The molecule has 1 atom stereocenters. The first-order valence-corrected chi connectivity index (χ1v) is 10.3. The van der Waals surface area contributed by atoms with Gasteiger partial charge in [-0.15, -0.1) is 21.5 Å². The maximum Gasteiger partial charge on any atom is 0.257 e. The van der Waals surface area contributed by atoms with Crippen LogP contribution in [0.3, 0.4) is 0 Å². The van der Waals surface area contributed by atoms with E-state index >= 15 is 0 Å². The fourth-order valence-corrected chi connectivity index (χ4v) is 5.28. The Morgan fingerprint density at radius 1 is 1.20 bits per heavy atom. The van der Waals surface area contributed by atoms with Crippen molar-refractivity contribution in [3.63, 3.8) is 0 Å². The number of thiophene rings is 1. The van der Waals surface area contributed by atoms with Crippen molar-refractivity contribution in [1.29, 1.82) is 0 Å². The molecular formula is C17H17N3O3S2. The number of benzene rings is 1. The first-order chi connectivity index (χ1) is 12.1. The summed E-state index contributed by atoms with van der Waals surface area (Å²) in [6.45, 7) is 2.39. The SMILES string of the molecule is Cc1ccc(S(=O)(=O)N2CCC[C@@H]2c2nnc(-c3cccs3)o2)cc1. The van der Waals surface area contributed by atoms with Gasteiger partial charge in [-0.3, -0.25) is 0 Å². The molecule has 0 aliphatic carbocycles. The maximum atomic E-state index is 13.0. The van der Waals surface area contributed by atoms with Crippen molar-refractivity contribution in [3.8, 4) is 10.8 Å². The summed E-state index contributed by atoms with van der Waals surface area (Å²) < 4.78 is 33.3. The van der Waals surface area contributed by atoms with E-state index in [-0.39, 0.29) is 0 Å². The Bertz CT molecular complexity index is 963. The molecule has 6 nitrogen and oxygen atoms in total. The van der Waals surface area contributed by atoms with Gasteiger partial charge >= 0.3 is 0 Å². The molecule has 1 aromatic carbocycles.